The van der Waals surface area contributed by atoms with Gasteiger partial charge in [0, 0.05) is 25.2 Å². The number of aliphatic hydroxyl groups excluding tert-OH is 1. The normalized spacial score (nSPS) is 22.4. The molecule has 1 aromatic carbocycles. The summed E-state index contributed by atoms with van der Waals surface area (Å²) in [4.78, 5) is 2.30. The predicted octanol–water partition coefficient (Wildman–Crippen LogP) is 3.14. The number of aliphatic hydroxyl groups is 1. The van der Waals surface area contributed by atoms with Crippen LogP contribution < -0.4 is 0 Å². The van der Waals surface area contributed by atoms with E-state index in [1.807, 2.05) is 12.1 Å². The van der Waals surface area contributed by atoms with Crippen molar-refractivity contribution in [3.05, 3.63) is 33.8 Å². The molecule has 106 valence electrons. The lowest BCUT2D eigenvalue weighted by molar-refractivity contribution is -0.0221. The highest BCUT2D eigenvalue weighted by Gasteiger charge is 2.19. The molecule has 0 spiro atoms. The number of hydrogen-bond acceptors (Lipinski definition) is 3. The van der Waals surface area contributed by atoms with Gasteiger partial charge in [-0.25, -0.2) is 0 Å². The van der Waals surface area contributed by atoms with E-state index in [1.54, 1.807) is 6.07 Å². The van der Waals surface area contributed by atoms with Gasteiger partial charge in [-0.1, -0.05) is 35.3 Å². The minimum Gasteiger partial charge on any atom is -0.388 e. The monoisotopic (exact) mass is 303 g/mol. The number of benzene rings is 1. The molecule has 0 radical (unpaired) electrons. The zero-order valence-electron chi connectivity index (χ0n) is 11.0. The van der Waals surface area contributed by atoms with Gasteiger partial charge < -0.3 is 9.84 Å². The highest BCUT2D eigenvalue weighted by atomic mass is 35.5. The van der Waals surface area contributed by atoms with Crippen LogP contribution in [0.3, 0.4) is 0 Å². The molecule has 1 saturated heterocycles. The fourth-order valence-electron chi connectivity index (χ4n) is 2.33. The van der Waals surface area contributed by atoms with Gasteiger partial charge in [0.05, 0.1) is 28.9 Å². The van der Waals surface area contributed by atoms with Crippen LogP contribution in [0, 0.1) is 0 Å². The molecule has 1 aromatic rings. The van der Waals surface area contributed by atoms with Gasteiger partial charge in [-0.05, 0) is 19.4 Å². The van der Waals surface area contributed by atoms with Gasteiger partial charge in [-0.2, -0.15) is 0 Å². The maximum Gasteiger partial charge on any atom is 0.0817 e. The first kappa shape index (κ1) is 15.1. The molecule has 0 aromatic heterocycles. The lowest BCUT2D eigenvalue weighted by Gasteiger charge is -2.31. The summed E-state index contributed by atoms with van der Waals surface area (Å²) >= 11 is 12.1. The van der Waals surface area contributed by atoms with E-state index in [4.69, 9.17) is 27.9 Å². The molecule has 1 aliphatic heterocycles. The van der Waals surface area contributed by atoms with E-state index < -0.39 is 6.10 Å². The Morgan fingerprint density at radius 1 is 1.47 bits per heavy atom. The van der Waals surface area contributed by atoms with Crippen molar-refractivity contribution in [1.29, 1.82) is 0 Å². The zero-order chi connectivity index (χ0) is 13.8. The van der Waals surface area contributed by atoms with E-state index in [9.17, 15) is 5.11 Å². The molecule has 2 unspecified atom stereocenters. The first-order valence-corrected chi connectivity index (χ1v) is 7.29. The summed E-state index contributed by atoms with van der Waals surface area (Å²) in [7, 11) is 0. The van der Waals surface area contributed by atoms with Gasteiger partial charge >= 0.3 is 0 Å². The summed E-state index contributed by atoms with van der Waals surface area (Å²) in [6.07, 6.45) is 0.331. The van der Waals surface area contributed by atoms with Crippen molar-refractivity contribution in [2.75, 3.05) is 26.2 Å². The largest absolute Gasteiger partial charge is 0.388 e. The molecule has 0 bridgehead atoms. The number of rotatable bonds is 4. The first-order valence-electron chi connectivity index (χ1n) is 6.54. The predicted molar refractivity (Wildman–Crippen MR) is 77.9 cm³/mol. The molecule has 1 heterocycles. The Kier molecular flexibility index (Phi) is 5.48. The molecule has 19 heavy (non-hydrogen) atoms. The van der Waals surface area contributed by atoms with E-state index in [2.05, 4.69) is 11.8 Å². The minimum absolute atomic E-state index is 0.264. The third kappa shape index (κ3) is 4.07. The standard InChI is InChI=1S/C14H19Cl2NO2/c1-10-9-17(7-8-19-10)6-5-13(18)11-3-2-4-12(15)14(11)16/h2-4,10,13,18H,5-9H2,1H3. The first-order chi connectivity index (χ1) is 9.08. The highest BCUT2D eigenvalue weighted by molar-refractivity contribution is 6.42. The zero-order valence-corrected chi connectivity index (χ0v) is 12.5. The molecule has 1 fully saturated rings. The molecule has 1 N–H and O–H groups in total. The molecule has 0 saturated carbocycles. The molecule has 1 aliphatic rings. The Morgan fingerprint density at radius 2 is 2.26 bits per heavy atom. The molecule has 0 amide bonds. The molecule has 2 rings (SSSR count). The van der Waals surface area contributed by atoms with Gasteiger partial charge in [0.1, 0.15) is 0 Å². The number of nitrogens with zero attached hydrogens (tertiary/aromatic N) is 1. The van der Waals surface area contributed by atoms with Crippen LogP contribution in [-0.2, 0) is 4.74 Å². The Labute approximate surface area is 124 Å². The average Bonchev–Trinajstić information content (AvgIpc) is 2.39. The van der Waals surface area contributed by atoms with Crippen molar-refractivity contribution < 1.29 is 9.84 Å². The fourth-order valence-corrected chi connectivity index (χ4v) is 2.77. The maximum atomic E-state index is 10.2. The number of morpholine rings is 1. The fraction of sp³-hybridized carbons (Fsp3) is 0.571. The van der Waals surface area contributed by atoms with Crippen LogP contribution in [0.2, 0.25) is 10.0 Å². The SMILES string of the molecule is CC1CN(CCC(O)c2cccc(Cl)c2Cl)CCO1. The van der Waals surface area contributed by atoms with Crippen LogP contribution in [0.4, 0.5) is 0 Å². The number of ether oxygens (including phenoxy) is 1. The maximum absolute atomic E-state index is 10.2. The number of hydrogen-bond donors (Lipinski definition) is 1. The third-order valence-electron chi connectivity index (χ3n) is 3.38. The smallest absolute Gasteiger partial charge is 0.0817 e. The van der Waals surface area contributed by atoms with Gasteiger partial charge in [-0.15, -0.1) is 0 Å². The van der Waals surface area contributed by atoms with Crippen molar-refractivity contribution in [2.45, 2.75) is 25.6 Å². The summed E-state index contributed by atoms with van der Waals surface area (Å²) in [6, 6.07) is 5.36. The van der Waals surface area contributed by atoms with Gasteiger partial charge in [0.15, 0.2) is 0 Å². The van der Waals surface area contributed by atoms with Crippen molar-refractivity contribution in [2.24, 2.45) is 0 Å². The second-order valence-corrected chi connectivity index (χ2v) is 5.71. The van der Waals surface area contributed by atoms with E-state index in [1.165, 1.54) is 0 Å². The van der Waals surface area contributed by atoms with E-state index in [0.717, 1.165) is 26.2 Å². The van der Waals surface area contributed by atoms with Crippen molar-refractivity contribution in [3.8, 4) is 0 Å². The molecular weight excluding hydrogens is 285 g/mol. The van der Waals surface area contributed by atoms with E-state index in [0.29, 0.717) is 22.0 Å². The van der Waals surface area contributed by atoms with Crippen LogP contribution in [0.5, 0.6) is 0 Å². The topological polar surface area (TPSA) is 32.7 Å². The second-order valence-electron chi connectivity index (χ2n) is 4.93. The Hall–Kier alpha value is -0.320. The molecule has 3 nitrogen and oxygen atoms in total. The second kappa shape index (κ2) is 6.91. The molecule has 0 aliphatic carbocycles. The summed E-state index contributed by atoms with van der Waals surface area (Å²) in [6.45, 7) is 5.49. The van der Waals surface area contributed by atoms with Crippen molar-refractivity contribution in [1.82, 2.24) is 4.90 Å². The van der Waals surface area contributed by atoms with Crippen LogP contribution in [-0.4, -0.2) is 42.4 Å². The summed E-state index contributed by atoms with van der Waals surface area (Å²) < 4.78 is 5.49. The van der Waals surface area contributed by atoms with Crippen LogP contribution in [0.25, 0.3) is 0 Å². The van der Waals surface area contributed by atoms with Gasteiger partial charge in [-0.3, -0.25) is 4.90 Å². The Balaban J connectivity index is 1.90. The molecular formula is C14H19Cl2NO2. The molecule has 5 heteroatoms. The highest BCUT2D eigenvalue weighted by Crippen LogP contribution is 2.31. The van der Waals surface area contributed by atoms with Crippen LogP contribution in [0.1, 0.15) is 25.0 Å². The Morgan fingerprint density at radius 3 is 3.00 bits per heavy atom. The minimum atomic E-state index is -0.579. The van der Waals surface area contributed by atoms with Gasteiger partial charge in [0.2, 0.25) is 0 Å². The lowest BCUT2D eigenvalue weighted by Crippen LogP contribution is -2.41. The Bertz CT molecular complexity index is 428. The van der Waals surface area contributed by atoms with Crippen LogP contribution >= 0.6 is 23.2 Å². The van der Waals surface area contributed by atoms with Gasteiger partial charge in [0.25, 0.3) is 0 Å². The molecule has 2 atom stereocenters. The number of halogens is 2. The van der Waals surface area contributed by atoms with Crippen molar-refractivity contribution in [3.63, 3.8) is 0 Å². The van der Waals surface area contributed by atoms with Crippen molar-refractivity contribution >= 4 is 23.2 Å². The summed E-state index contributed by atoms with van der Waals surface area (Å²) in [5, 5.41) is 11.2. The third-order valence-corrected chi connectivity index (χ3v) is 4.22. The average molecular weight is 304 g/mol. The quantitative estimate of drug-likeness (QED) is 0.927. The lowest BCUT2D eigenvalue weighted by atomic mass is 10.1. The summed E-state index contributed by atoms with van der Waals surface area (Å²) in [5.41, 5.74) is 0.704. The summed E-state index contributed by atoms with van der Waals surface area (Å²) in [5.74, 6) is 0. The van der Waals surface area contributed by atoms with E-state index in [-0.39, 0.29) is 6.10 Å². The van der Waals surface area contributed by atoms with E-state index >= 15 is 0 Å². The van der Waals surface area contributed by atoms with Crippen LogP contribution in [0.15, 0.2) is 18.2 Å².